The normalized spacial score (nSPS) is 12.4. The molecule has 0 fully saturated rings. The number of hydrogen-bond acceptors (Lipinski definition) is 5. The number of carbonyl (C=O) groups excluding carboxylic acids is 1. The maximum absolute atomic E-state index is 12.0. The van der Waals surface area contributed by atoms with Crippen molar-refractivity contribution in [2.24, 2.45) is 11.7 Å². The van der Waals surface area contributed by atoms with E-state index >= 15 is 0 Å². The van der Waals surface area contributed by atoms with Gasteiger partial charge in [0.25, 0.3) is 0 Å². The number of nitrogens with one attached hydrogen (secondary N) is 1. The predicted octanol–water partition coefficient (Wildman–Crippen LogP) is 1.97. The summed E-state index contributed by atoms with van der Waals surface area (Å²) in [7, 11) is 0. The number of rotatable bonds is 4. The minimum absolute atomic E-state index is 0.0628. The molecule has 0 aliphatic heterocycles. The summed E-state index contributed by atoms with van der Waals surface area (Å²) < 4.78 is 5.39. The van der Waals surface area contributed by atoms with Crippen molar-refractivity contribution < 1.29 is 9.21 Å². The second kappa shape index (κ2) is 5.83. The van der Waals surface area contributed by atoms with Gasteiger partial charge in [0, 0.05) is 6.92 Å². The van der Waals surface area contributed by atoms with Gasteiger partial charge in [0.05, 0.1) is 17.3 Å². The van der Waals surface area contributed by atoms with E-state index in [1.54, 1.807) is 13.0 Å². The minimum atomic E-state index is -0.563. The summed E-state index contributed by atoms with van der Waals surface area (Å²) in [6.07, 6.45) is 0. The van der Waals surface area contributed by atoms with Crippen LogP contribution in [0.15, 0.2) is 28.7 Å². The molecule has 6 nitrogen and oxygen atoms in total. The molecule has 20 heavy (non-hydrogen) atoms. The first-order valence-corrected chi connectivity index (χ1v) is 6.45. The van der Waals surface area contributed by atoms with Crippen LogP contribution in [0.1, 0.15) is 19.7 Å². The number of amides is 1. The number of carbonyl (C=O) groups is 1. The molecule has 0 unspecified atom stereocenters. The lowest BCUT2D eigenvalue weighted by Crippen LogP contribution is -2.39. The highest BCUT2D eigenvalue weighted by molar-refractivity contribution is 5.97. The van der Waals surface area contributed by atoms with Crippen LogP contribution >= 0.6 is 0 Å². The Labute approximate surface area is 117 Å². The number of hydrogen-bond donors (Lipinski definition) is 2. The zero-order valence-corrected chi connectivity index (χ0v) is 11.8. The molecule has 106 valence electrons. The summed E-state index contributed by atoms with van der Waals surface area (Å²) in [5.41, 5.74) is 7.12. The maximum Gasteiger partial charge on any atom is 0.249 e. The Balaban J connectivity index is 2.27. The molecule has 1 atom stereocenters. The van der Waals surface area contributed by atoms with E-state index in [-0.39, 0.29) is 11.8 Å². The van der Waals surface area contributed by atoms with Crippen molar-refractivity contribution in [3.63, 3.8) is 0 Å². The number of aryl methyl sites for hydroxylation is 1. The predicted molar refractivity (Wildman–Crippen MR) is 75.9 cm³/mol. The first-order chi connectivity index (χ1) is 9.49. The van der Waals surface area contributed by atoms with Gasteiger partial charge < -0.3 is 15.5 Å². The Morgan fingerprint density at radius 2 is 2.00 bits per heavy atom. The van der Waals surface area contributed by atoms with Gasteiger partial charge in [0.15, 0.2) is 0 Å². The Bertz CT molecular complexity index is 607. The largest absolute Gasteiger partial charge is 0.421 e. The second-order valence-corrected chi connectivity index (χ2v) is 4.93. The van der Waals surface area contributed by atoms with E-state index < -0.39 is 6.04 Å². The third-order valence-electron chi connectivity index (χ3n) is 2.96. The van der Waals surface area contributed by atoms with Gasteiger partial charge in [-0.25, -0.2) is 0 Å². The van der Waals surface area contributed by atoms with E-state index in [9.17, 15) is 4.79 Å². The first-order valence-electron chi connectivity index (χ1n) is 6.45. The van der Waals surface area contributed by atoms with Crippen molar-refractivity contribution in [3.05, 3.63) is 30.2 Å². The molecular formula is C14H18N4O2. The minimum Gasteiger partial charge on any atom is -0.421 e. The quantitative estimate of drug-likeness (QED) is 0.888. The van der Waals surface area contributed by atoms with Gasteiger partial charge in [-0.15, -0.1) is 10.2 Å². The van der Waals surface area contributed by atoms with Crippen LogP contribution in [0.5, 0.6) is 0 Å². The summed E-state index contributed by atoms with van der Waals surface area (Å²) in [4.78, 5) is 12.0. The molecule has 1 amide bonds. The van der Waals surface area contributed by atoms with Crippen molar-refractivity contribution in [1.29, 1.82) is 0 Å². The molecule has 0 radical (unpaired) electrons. The van der Waals surface area contributed by atoms with Crippen LogP contribution < -0.4 is 11.1 Å². The average Bonchev–Trinajstić information content (AvgIpc) is 2.84. The molecule has 2 aromatic rings. The van der Waals surface area contributed by atoms with Crippen LogP contribution in [-0.2, 0) is 4.79 Å². The van der Waals surface area contributed by atoms with Crippen molar-refractivity contribution in [1.82, 2.24) is 10.2 Å². The van der Waals surface area contributed by atoms with Gasteiger partial charge in [-0.1, -0.05) is 26.0 Å². The van der Waals surface area contributed by atoms with Gasteiger partial charge >= 0.3 is 0 Å². The van der Waals surface area contributed by atoms with E-state index in [0.29, 0.717) is 23.0 Å². The fourth-order valence-electron chi connectivity index (χ4n) is 1.70. The molecule has 1 aromatic carbocycles. The van der Waals surface area contributed by atoms with E-state index in [4.69, 9.17) is 10.2 Å². The van der Waals surface area contributed by atoms with Gasteiger partial charge in [-0.05, 0) is 18.1 Å². The zero-order valence-electron chi connectivity index (χ0n) is 11.8. The maximum atomic E-state index is 12.0. The molecule has 0 bridgehead atoms. The second-order valence-electron chi connectivity index (χ2n) is 4.93. The van der Waals surface area contributed by atoms with Crippen LogP contribution in [0.3, 0.4) is 0 Å². The standard InChI is InChI=1S/C14H18N4O2/c1-8(2)12(15)13(19)16-11-7-5-4-6-10(11)14-18-17-9(3)20-14/h4-8,12H,15H2,1-3H3,(H,16,19)/t12-/m1/s1. The highest BCUT2D eigenvalue weighted by Gasteiger charge is 2.19. The zero-order chi connectivity index (χ0) is 14.7. The van der Waals surface area contributed by atoms with Crippen LogP contribution in [0.4, 0.5) is 5.69 Å². The Morgan fingerprint density at radius 3 is 2.60 bits per heavy atom. The lowest BCUT2D eigenvalue weighted by atomic mass is 10.0. The third kappa shape index (κ3) is 3.03. The number of benzene rings is 1. The third-order valence-corrected chi connectivity index (χ3v) is 2.96. The Morgan fingerprint density at radius 1 is 1.30 bits per heavy atom. The van der Waals surface area contributed by atoms with Crippen molar-refractivity contribution in [2.45, 2.75) is 26.8 Å². The number of para-hydroxylation sites is 1. The monoisotopic (exact) mass is 274 g/mol. The van der Waals surface area contributed by atoms with E-state index in [1.807, 2.05) is 32.0 Å². The lowest BCUT2D eigenvalue weighted by Gasteiger charge is -2.16. The van der Waals surface area contributed by atoms with Crippen LogP contribution in [0.2, 0.25) is 0 Å². The molecule has 2 rings (SSSR count). The van der Waals surface area contributed by atoms with Gasteiger partial charge in [0.2, 0.25) is 17.7 Å². The molecule has 6 heteroatoms. The van der Waals surface area contributed by atoms with Gasteiger partial charge in [-0.2, -0.15) is 0 Å². The smallest absolute Gasteiger partial charge is 0.249 e. The molecule has 3 N–H and O–H groups in total. The summed E-state index contributed by atoms with van der Waals surface area (Å²) in [5, 5.41) is 10.6. The fraction of sp³-hybridized carbons (Fsp3) is 0.357. The molecule has 0 aliphatic carbocycles. The number of anilines is 1. The van der Waals surface area contributed by atoms with Gasteiger partial charge in [-0.3, -0.25) is 4.79 Å². The molecule has 0 saturated carbocycles. The first kappa shape index (κ1) is 14.2. The van der Waals surface area contributed by atoms with E-state index in [0.717, 1.165) is 0 Å². The lowest BCUT2D eigenvalue weighted by molar-refractivity contribution is -0.118. The van der Waals surface area contributed by atoms with Crippen LogP contribution in [0, 0.1) is 12.8 Å². The molecule has 0 spiro atoms. The molecule has 1 aromatic heterocycles. The average molecular weight is 274 g/mol. The fourth-order valence-corrected chi connectivity index (χ4v) is 1.70. The highest BCUT2D eigenvalue weighted by Crippen LogP contribution is 2.26. The highest BCUT2D eigenvalue weighted by atomic mass is 16.4. The molecule has 0 saturated heterocycles. The van der Waals surface area contributed by atoms with Crippen LogP contribution in [-0.4, -0.2) is 22.1 Å². The summed E-state index contributed by atoms with van der Waals surface area (Å²) in [6, 6.07) is 6.69. The SMILES string of the molecule is Cc1nnc(-c2ccccc2NC(=O)[C@H](N)C(C)C)o1. The molecule has 0 aliphatic rings. The number of aromatic nitrogens is 2. The number of nitrogens with zero attached hydrogens (tertiary/aromatic N) is 2. The van der Waals surface area contributed by atoms with Crippen molar-refractivity contribution in [3.8, 4) is 11.5 Å². The Hall–Kier alpha value is -2.21. The van der Waals surface area contributed by atoms with E-state index in [1.165, 1.54) is 0 Å². The summed E-state index contributed by atoms with van der Waals surface area (Å²) in [6.45, 7) is 5.52. The van der Waals surface area contributed by atoms with Crippen molar-refractivity contribution >= 4 is 11.6 Å². The Kier molecular flexibility index (Phi) is 4.14. The number of nitrogens with two attached hydrogens (primary N) is 1. The topological polar surface area (TPSA) is 94.0 Å². The van der Waals surface area contributed by atoms with Crippen LogP contribution in [0.25, 0.3) is 11.5 Å². The molecular weight excluding hydrogens is 256 g/mol. The molecule has 1 heterocycles. The van der Waals surface area contributed by atoms with Gasteiger partial charge in [0.1, 0.15) is 0 Å². The summed E-state index contributed by atoms with van der Waals surface area (Å²) in [5.74, 6) is 0.674. The van der Waals surface area contributed by atoms with Crippen molar-refractivity contribution in [2.75, 3.05) is 5.32 Å². The summed E-state index contributed by atoms with van der Waals surface area (Å²) >= 11 is 0. The van der Waals surface area contributed by atoms with E-state index in [2.05, 4.69) is 15.5 Å².